The monoisotopic (exact) mass is 353 g/mol. The number of imide groups is 1. The third kappa shape index (κ3) is 4.14. The number of urea groups is 1. The fourth-order valence-electron chi connectivity index (χ4n) is 3.97. The SMILES string of the molecule is CCC(CC)N(CCOC)C(=O)CN1C(=O)NC2(CCCCC2)C1=O. The molecule has 25 heavy (non-hydrogen) atoms. The molecule has 1 heterocycles. The normalized spacial score (nSPS) is 19.6. The third-order valence-electron chi connectivity index (χ3n) is 5.49. The zero-order chi connectivity index (χ0) is 18.4. The minimum atomic E-state index is -0.776. The van der Waals surface area contributed by atoms with Crippen LogP contribution in [0.5, 0.6) is 0 Å². The van der Waals surface area contributed by atoms with Crippen molar-refractivity contribution in [3.63, 3.8) is 0 Å². The molecule has 1 spiro atoms. The van der Waals surface area contributed by atoms with Crippen LogP contribution in [0.4, 0.5) is 4.79 Å². The van der Waals surface area contributed by atoms with Crippen LogP contribution in [0.1, 0.15) is 58.8 Å². The summed E-state index contributed by atoms with van der Waals surface area (Å²) in [4.78, 5) is 40.8. The first-order valence-electron chi connectivity index (χ1n) is 9.41. The molecule has 0 radical (unpaired) electrons. The summed E-state index contributed by atoms with van der Waals surface area (Å²) in [5, 5.41) is 2.86. The predicted octanol–water partition coefficient (Wildman–Crippen LogP) is 1.90. The molecule has 0 atom stereocenters. The van der Waals surface area contributed by atoms with Crippen LogP contribution in [0.3, 0.4) is 0 Å². The van der Waals surface area contributed by atoms with E-state index in [-0.39, 0.29) is 24.4 Å². The molecular weight excluding hydrogens is 322 g/mol. The highest BCUT2D eigenvalue weighted by molar-refractivity contribution is 6.09. The molecule has 0 aromatic carbocycles. The van der Waals surface area contributed by atoms with Gasteiger partial charge in [-0.05, 0) is 25.7 Å². The number of hydrogen-bond acceptors (Lipinski definition) is 4. The summed E-state index contributed by atoms with van der Waals surface area (Å²) in [5.41, 5.74) is -0.776. The topological polar surface area (TPSA) is 79.0 Å². The standard InChI is InChI=1S/C18H31N3O4/c1-4-14(5-2)20(11-12-25-3)15(22)13-21-16(23)18(19-17(21)24)9-7-6-8-10-18/h14H,4-13H2,1-3H3,(H,19,24). The van der Waals surface area contributed by atoms with Gasteiger partial charge in [0.2, 0.25) is 5.91 Å². The smallest absolute Gasteiger partial charge is 0.325 e. The van der Waals surface area contributed by atoms with E-state index in [1.54, 1.807) is 12.0 Å². The predicted molar refractivity (Wildman–Crippen MR) is 94.0 cm³/mol. The van der Waals surface area contributed by atoms with Crippen LogP contribution >= 0.6 is 0 Å². The zero-order valence-corrected chi connectivity index (χ0v) is 15.7. The Kier molecular flexibility index (Phi) is 6.81. The van der Waals surface area contributed by atoms with Crippen LogP contribution in [-0.4, -0.2) is 66.0 Å². The second kappa shape index (κ2) is 8.65. The zero-order valence-electron chi connectivity index (χ0n) is 15.7. The van der Waals surface area contributed by atoms with E-state index in [9.17, 15) is 14.4 Å². The lowest BCUT2D eigenvalue weighted by atomic mass is 9.82. The van der Waals surface area contributed by atoms with Gasteiger partial charge in [-0.3, -0.25) is 14.5 Å². The molecule has 2 aliphatic rings. The number of amides is 4. The molecule has 0 aromatic rings. The molecule has 1 aliphatic carbocycles. The molecule has 0 bridgehead atoms. The number of nitrogens with zero attached hydrogens (tertiary/aromatic N) is 2. The number of ether oxygens (including phenoxy) is 1. The molecule has 1 saturated carbocycles. The lowest BCUT2D eigenvalue weighted by molar-refractivity contribution is -0.141. The maximum atomic E-state index is 12.8. The van der Waals surface area contributed by atoms with E-state index in [1.807, 2.05) is 13.8 Å². The van der Waals surface area contributed by atoms with Crippen molar-refractivity contribution in [2.24, 2.45) is 0 Å². The summed E-state index contributed by atoms with van der Waals surface area (Å²) >= 11 is 0. The van der Waals surface area contributed by atoms with Crippen molar-refractivity contribution in [3.05, 3.63) is 0 Å². The Hall–Kier alpha value is -1.63. The van der Waals surface area contributed by atoms with E-state index >= 15 is 0 Å². The minimum absolute atomic E-state index is 0.0899. The van der Waals surface area contributed by atoms with Crippen molar-refractivity contribution in [3.8, 4) is 0 Å². The van der Waals surface area contributed by atoms with Gasteiger partial charge in [-0.2, -0.15) is 0 Å². The summed E-state index contributed by atoms with van der Waals surface area (Å²) in [6.07, 6.45) is 5.95. The van der Waals surface area contributed by atoms with Crippen LogP contribution in [0.25, 0.3) is 0 Å². The molecule has 0 aromatic heterocycles. The second-order valence-corrected chi connectivity index (χ2v) is 7.01. The lowest BCUT2D eigenvalue weighted by Gasteiger charge is -2.32. The van der Waals surface area contributed by atoms with Crippen LogP contribution < -0.4 is 5.32 Å². The maximum Gasteiger partial charge on any atom is 0.325 e. The molecule has 7 heteroatoms. The van der Waals surface area contributed by atoms with Crippen LogP contribution in [-0.2, 0) is 14.3 Å². The van der Waals surface area contributed by atoms with E-state index in [4.69, 9.17) is 4.74 Å². The first-order valence-corrected chi connectivity index (χ1v) is 9.41. The molecule has 1 saturated heterocycles. The average Bonchev–Trinajstić information content (AvgIpc) is 2.83. The highest BCUT2D eigenvalue weighted by Gasteiger charge is 2.51. The molecule has 4 amide bonds. The van der Waals surface area contributed by atoms with Crippen molar-refractivity contribution in [1.82, 2.24) is 15.1 Å². The van der Waals surface area contributed by atoms with E-state index in [0.717, 1.165) is 37.0 Å². The highest BCUT2D eigenvalue weighted by Crippen LogP contribution is 2.33. The lowest BCUT2D eigenvalue weighted by Crippen LogP contribution is -2.50. The number of carbonyl (C=O) groups excluding carboxylic acids is 3. The van der Waals surface area contributed by atoms with Crippen molar-refractivity contribution < 1.29 is 19.1 Å². The Morgan fingerprint density at radius 2 is 1.88 bits per heavy atom. The van der Waals surface area contributed by atoms with Crippen molar-refractivity contribution in [1.29, 1.82) is 0 Å². The molecule has 142 valence electrons. The maximum absolute atomic E-state index is 12.8. The summed E-state index contributed by atoms with van der Waals surface area (Å²) in [7, 11) is 1.60. The van der Waals surface area contributed by atoms with E-state index in [1.165, 1.54) is 0 Å². The largest absolute Gasteiger partial charge is 0.383 e. The number of methoxy groups -OCH3 is 1. The number of rotatable bonds is 8. The molecule has 2 rings (SSSR count). The Labute approximate surface area is 150 Å². The van der Waals surface area contributed by atoms with Gasteiger partial charge in [0.15, 0.2) is 0 Å². The van der Waals surface area contributed by atoms with Gasteiger partial charge in [-0.1, -0.05) is 33.1 Å². The fourth-order valence-corrected chi connectivity index (χ4v) is 3.97. The highest BCUT2D eigenvalue weighted by atomic mass is 16.5. The Morgan fingerprint density at radius 1 is 1.24 bits per heavy atom. The van der Waals surface area contributed by atoms with Gasteiger partial charge in [-0.25, -0.2) is 4.79 Å². The summed E-state index contributed by atoms with van der Waals surface area (Å²) in [6, 6.07) is -0.344. The van der Waals surface area contributed by atoms with E-state index in [2.05, 4.69) is 5.32 Å². The number of carbonyl (C=O) groups is 3. The van der Waals surface area contributed by atoms with Gasteiger partial charge in [0, 0.05) is 19.7 Å². The summed E-state index contributed by atoms with van der Waals surface area (Å²) < 4.78 is 5.11. The van der Waals surface area contributed by atoms with Gasteiger partial charge in [-0.15, -0.1) is 0 Å². The summed E-state index contributed by atoms with van der Waals surface area (Å²) in [5.74, 6) is -0.427. The Morgan fingerprint density at radius 3 is 2.44 bits per heavy atom. The molecule has 2 fully saturated rings. The van der Waals surface area contributed by atoms with Gasteiger partial charge >= 0.3 is 6.03 Å². The first-order chi connectivity index (χ1) is 12.0. The van der Waals surface area contributed by atoms with Gasteiger partial charge < -0.3 is 15.0 Å². The second-order valence-electron chi connectivity index (χ2n) is 7.01. The van der Waals surface area contributed by atoms with Gasteiger partial charge in [0.25, 0.3) is 5.91 Å². The third-order valence-corrected chi connectivity index (χ3v) is 5.49. The van der Waals surface area contributed by atoms with Crippen LogP contribution in [0.15, 0.2) is 0 Å². The minimum Gasteiger partial charge on any atom is -0.383 e. The van der Waals surface area contributed by atoms with E-state index < -0.39 is 11.6 Å². The first kappa shape index (κ1) is 19.7. The number of nitrogens with one attached hydrogen (secondary N) is 1. The molecule has 7 nitrogen and oxygen atoms in total. The van der Waals surface area contributed by atoms with Crippen LogP contribution in [0.2, 0.25) is 0 Å². The van der Waals surface area contributed by atoms with Gasteiger partial charge in [0.05, 0.1) is 6.61 Å². The Bertz CT molecular complexity index is 499. The molecule has 1 N–H and O–H groups in total. The number of hydrogen-bond donors (Lipinski definition) is 1. The summed E-state index contributed by atoms with van der Waals surface area (Å²) in [6.45, 7) is 4.79. The quantitative estimate of drug-likeness (QED) is 0.676. The molecule has 0 unspecified atom stereocenters. The molecule has 1 aliphatic heterocycles. The Balaban J connectivity index is 2.08. The average molecular weight is 353 g/mol. The fraction of sp³-hybridized carbons (Fsp3) is 0.833. The van der Waals surface area contributed by atoms with Crippen LogP contribution in [0, 0.1) is 0 Å². The van der Waals surface area contributed by atoms with Gasteiger partial charge in [0.1, 0.15) is 12.1 Å². The van der Waals surface area contributed by atoms with Crippen molar-refractivity contribution in [2.45, 2.75) is 70.4 Å². The van der Waals surface area contributed by atoms with E-state index in [0.29, 0.717) is 26.0 Å². The van der Waals surface area contributed by atoms with Crippen molar-refractivity contribution in [2.75, 3.05) is 26.8 Å². The molecular formula is C18H31N3O4. The van der Waals surface area contributed by atoms with Crippen molar-refractivity contribution >= 4 is 17.8 Å².